The molecule has 0 radical (unpaired) electrons. The maximum Gasteiger partial charge on any atom is 0.235 e. The van der Waals surface area contributed by atoms with Crippen molar-refractivity contribution in [2.24, 2.45) is 10.9 Å². The molecule has 4 N–H and O–H groups in total. The highest BCUT2D eigenvalue weighted by Crippen LogP contribution is 2.22. The largest absolute Gasteiger partial charge is 0.409 e. The van der Waals surface area contributed by atoms with Crippen molar-refractivity contribution in [1.29, 1.82) is 0 Å². The number of rotatable bonds is 6. The van der Waals surface area contributed by atoms with Crippen molar-refractivity contribution in [3.63, 3.8) is 0 Å². The summed E-state index contributed by atoms with van der Waals surface area (Å²) in [7, 11) is -2.20. The van der Waals surface area contributed by atoms with Gasteiger partial charge in [0.1, 0.15) is 0 Å². The number of hydrogen-bond acceptors (Lipinski definition) is 5. The highest BCUT2D eigenvalue weighted by Gasteiger charge is 2.15. The van der Waals surface area contributed by atoms with Crippen molar-refractivity contribution in [1.82, 2.24) is 0 Å². The number of oxime groups is 1. The minimum Gasteiger partial charge on any atom is -0.409 e. The summed E-state index contributed by atoms with van der Waals surface area (Å²) in [6.45, 7) is 0.0504. The van der Waals surface area contributed by atoms with E-state index in [1.165, 1.54) is 25.3 Å². The van der Waals surface area contributed by atoms with Gasteiger partial charge in [0.25, 0.3) is 0 Å². The van der Waals surface area contributed by atoms with E-state index in [1.807, 2.05) is 0 Å². The Kier molecular flexibility index (Phi) is 5.40. The van der Waals surface area contributed by atoms with Gasteiger partial charge in [-0.2, -0.15) is 0 Å². The molecule has 106 valence electrons. The van der Waals surface area contributed by atoms with Crippen LogP contribution in [0.4, 0.5) is 5.69 Å². The molecule has 0 aliphatic rings. The zero-order chi connectivity index (χ0) is 14.5. The molecule has 0 atom stereocenters. The van der Waals surface area contributed by atoms with E-state index in [9.17, 15) is 8.42 Å². The molecule has 0 aliphatic heterocycles. The van der Waals surface area contributed by atoms with Gasteiger partial charge in [0.05, 0.1) is 18.0 Å². The molecule has 0 bridgehead atoms. The van der Waals surface area contributed by atoms with Crippen LogP contribution in [0, 0.1) is 0 Å². The summed E-state index contributed by atoms with van der Waals surface area (Å²) in [6, 6.07) is 4.33. The molecule has 0 aliphatic carbocycles. The Morgan fingerprint density at radius 2 is 2.26 bits per heavy atom. The molecule has 0 fully saturated rings. The van der Waals surface area contributed by atoms with Crippen molar-refractivity contribution >= 4 is 33.1 Å². The number of anilines is 1. The van der Waals surface area contributed by atoms with E-state index >= 15 is 0 Å². The molecule has 0 saturated carbocycles. The van der Waals surface area contributed by atoms with Crippen LogP contribution >= 0.6 is 11.6 Å². The third-order valence-electron chi connectivity index (χ3n) is 2.19. The zero-order valence-corrected chi connectivity index (χ0v) is 11.7. The molecule has 1 aromatic rings. The quantitative estimate of drug-likeness (QED) is 0.311. The summed E-state index contributed by atoms with van der Waals surface area (Å²) in [4.78, 5) is 0. The van der Waals surface area contributed by atoms with Gasteiger partial charge >= 0.3 is 0 Å². The number of ether oxygens (including phenoxy) is 1. The van der Waals surface area contributed by atoms with E-state index in [4.69, 9.17) is 27.3 Å². The van der Waals surface area contributed by atoms with Gasteiger partial charge in [0, 0.05) is 17.7 Å². The second-order valence-electron chi connectivity index (χ2n) is 3.59. The Balaban J connectivity index is 3.09. The highest BCUT2D eigenvalue weighted by molar-refractivity contribution is 7.92. The standard InChI is InChI=1S/C10H14ClN3O4S/c1-18-4-5-19(16,17)14-9-6-7(11)2-3-8(9)10(12)13-15/h2-3,6,14-15H,4-5H2,1H3,(H2,12,13). The minimum absolute atomic E-state index is 0.0504. The number of hydrogen-bond donors (Lipinski definition) is 3. The van der Waals surface area contributed by atoms with Gasteiger partial charge in [0.15, 0.2) is 5.84 Å². The van der Waals surface area contributed by atoms with Crippen LogP contribution in [0.5, 0.6) is 0 Å². The molecule has 0 saturated heterocycles. The van der Waals surface area contributed by atoms with Crippen molar-refractivity contribution in [2.75, 3.05) is 24.2 Å². The van der Waals surface area contributed by atoms with Crippen LogP contribution in [0.15, 0.2) is 23.4 Å². The molecule has 0 heterocycles. The van der Waals surface area contributed by atoms with Gasteiger partial charge in [-0.1, -0.05) is 16.8 Å². The highest BCUT2D eigenvalue weighted by atomic mass is 35.5. The molecular weight excluding hydrogens is 294 g/mol. The number of nitrogens with one attached hydrogen (secondary N) is 1. The fourth-order valence-electron chi connectivity index (χ4n) is 1.29. The van der Waals surface area contributed by atoms with E-state index in [0.29, 0.717) is 5.02 Å². The molecule has 7 nitrogen and oxygen atoms in total. The lowest BCUT2D eigenvalue weighted by molar-refractivity contribution is 0.217. The van der Waals surface area contributed by atoms with Gasteiger partial charge in [-0.15, -0.1) is 0 Å². The Hall–Kier alpha value is -1.51. The van der Waals surface area contributed by atoms with Gasteiger partial charge in [-0.05, 0) is 18.2 Å². The van der Waals surface area contributed by atoms with Gasteiger partial charge in [-0.3, -0.25) is 4.72 Å². The molecule has 0 aromatic heterocycles. The number of methoxy groups -OCH3 is 1. The molecule has 0 unspecified atom stereocenters. The number of halogens is 1. The van der Waals surface area contributed by atoms with Crippen molar-refractivity contribution in [2.45, 2.75) is 0 Å². The lowest BCUT2D eigenvalue weighted by Gasteiger charge is -2.12. The lowest BCUT2D eigenvalue weighted by atomic mass is 10.1. The number of benzene rings is 1. The first-order valence-electron chi connectivity index (χ1n) is 5.16. The zero-order valence-electron chi connectivity index (χ0n) is 10.1. The molecule has 0 amide bonds. The van der Waals surface area contributed by atoms with E-state index in [1.54, 1.807) is 0 Å². The molecule has 19 heavy (non-hydrogen) atoms. The maximum atomic E-state index is 11.8. The van der Waals surface area contributed by atoms with Crippen LogP contribution in [0.1, 0.15) is 5.56 Å². The topological polar surface area (TPSA) is 114 Å². The average Bonchev–Trinajstić information content (AvgIpc) is 2.35. The Labute approximate surface area is 116 Å². The fourth-order valence-corrected chi connectivity index (χ4v) is 2.45. The maximum absolute atomic E-state index is 11.8. The van der Waals surface area contributed by atoms with E-state index in [-0.39, 0.29) is 29.4 Å². The summed E-state index contributed by atoms with van der Waals surface area (Å²) in [6.07, 6.45) is 0. The Morgan fingerprint density at radius 3 is 2.84 bits per heavy atom. The van der Waals surface area contributed by atoms with Crippen LogP contribution < -0.4 is 10.5 Å². The van der Waals surface area contributed by atoms with Crippen LogP contribution in [0.2, 0.25) is 5.02 Å². The summed E-state index contributed by atoms with van der Waals surface area (Å²) < 4.78 is 30.5. The second kappa shape index (κ2) is 6.60. The molecule has 1 rings (SSSR count). The van der Waals surface area contributed by atoms with E-state index in [2.05, 4.69) is 9.88 Å². The van der Waals surface area contributed by atoms with Gasteiger partial charge < -0.3 is 15.7 Å². The number of nitrogens with zero attached hydrogens (tertiary/aromatic N) is 1. The van der Waals surface area contributed by atoms with Crippen LogP contribution in [-0.4, -0.2) is 38.9 Å². The first-order chi connectivity index (χ1) is 8.89. The molecule has 9 heteroatoms. The first-order valence-corrected chi connectivity index (χ1v) is 7.19. The van der Waals surface area contributed by atoms with Crippen LogP contribution in [0.25, 0.3) is 0 Å². The Morgan fingerprint density at radius 1 is 1.58 bits per heavy atom. The minimum atomic E-state index is -3.60. The molecule has 0 spiro atoms. The predicted molar refractivity (Wildman–Crippen MR) is 73.2 cm³/mol. The summed E-state index contributed by atoms with van der Waals surface area (Å²) in [5.41, 5.74) is 5.83. The smallest absolute Gasteiger partial charge is 0.235 e. The van der Waals surface area contributed by atoms with Crippen LogP contribution in [-0.2, 0) is 14.8 Å². The van der Waals surface area contributed by atoms with E-state index < -0.39 is 10.0 Å². The van der Waals surface area contributed by atoms with Crippen LogP contribution in [0.3, 0.4) is 0 Å². The number of nitrogens with two attached hydrogens (primary N) is 1. The van der Waals surface area contributed by atoms with Gasteiger partial charge in [-0.25, -0.2) is 8.42 Å². The monoisotopic (exact) mass is 307 g/mol. The second-order valence-corrected chi connectivity index (χ2v) is 5.87. The SMILES string of the molecule is COCCS(=O)(=O)Nc1cc(Cl)ccc1C(N)=NO. The number of sulfonamides is 1. The van der Waals surface area contributed by atoms with Crippen molar-refractivity contribution < 1.29 is 18.4 Å². The normalized spacial score (nSPS) is 12.4. The van der Waals surface area contributed by atoms with Crippen molar-refractivity contribution in [3.05, 3.63) is 28.8 Å². The van der Waals surface area contributed by atoms with Crippen molar-refractivity contribution in [3.8, 4) is 0 Å². The third kappa shape index (κ3) is 4.58. The summed E-state index contributed by atoms with van der Waals surface area (Å²) >= 11 is 5.80. The first kappa shape index (κ1) is 15.5. The van der Waals surface area contributed by atoms with Gasteiger partial charge in [0.2, 0.25) is 10.0 Å². The summed E-state index contributed by atoms with van der Waals surface area (Å²) in [5, 5.41) is 11.8. The third-order valence-corrected chi connectivity index (χ3v) is 3.66. The van der Waals surface area contributed by atoms with E-state index in [0.717, 1.165) is 0 Å². The number of amidine groups is 1. The Bertz CT molecular complexity index is 574. The molecular formula is C10H14ClN3O4S. The lowest BCUT2D eigenvalue weighted by Crippen LogP contribution is -2.23. The fraction of sp³-hybridized carbons (Fsp3) is 0.300. The predicted octanol–water partition coefficient (Wildman–Crippen LogP) is 0.823. The molecule has 1 aromatic carbocycles. The average molecular weight is 308 g/mol. The summed E-state index contributed by atoms with van der Waals surface area (Å²) in [5.74, 6) is -0.438.